The molecule has 0 aromatic rings. The molecule has 1 heterocycles. The summed E-state index contributed by atoms with van der Waals surface area (Å²) in [4.78, 5) is 13.9. The maximum Gasteiger partial charge on any atom is 0.226 e. The summed E-state index contributed by atoms with van der Waals surface area (Å²) >= 11 is 0. The third-order valence-electron chi connectivity index (χ3n) is 3.15. The van der Waals surface area contributed by atoms with E-state index in [2.05, 4.69) is 12.2 Å². The first kappa shape index (κ1) is 9.71. The van der Waals surface area contributed by atoms with Crippen LogP contribution in [0.25, 0.3) is 0 Å². The van der Waals surface area contributed by atoms with Gasteiger partial charge in [0.2, 0.25) is 5.91 Å². The number of carbonyl (C=O) groups excluding carboxylic acids is 1. The number of hydrogen-bond acceptors (Lipinski definition) is 2. The van der Waals surface area contributed by atoms with Gasteiger partial charge in [0.1, 0.15) is 0 Å². The Morgan fingerprint density at radius 3 is 2.79 bits per heavy atom. The van der Waals surface area contributed by atoms with Gasteiger partial charge in [-0.1, -0.05) is 12.2 Å². The molecule has 1 amide bonds. The number of nitrogens with two attached hydrogens (primary N) is 1. The summed E-state index contributed by atoms with van der Waals surface area (Å²) in [5.41, 5.74) is 5.78. The highest BCUT2D eigenvalue weighted by Crippen LogP contribution is 2.22. The Bertz CT molecular complexity index is 250. The van der Waals surface area contributed by atoms with Crippen molar-refractivity contribution in [1.82, 2.24) is 4.90 Å². The van der Waals surface area contributed by atoms with Crippen LogP contribution in [0.3, 0.4) is 0 Å². The number of carbonyl (C=O) groups is 1. The first-order valence-electron chi connectivity index (χ1n) is 5.47. The summed E-state index contributed by atoms with van der Waals surface area (Å²) in [6.07, 6.45) is 8.25. The monoisotopic (exact) mass is 194 g/mol. The molecule has 2 N–H and O–H groups in total. The van der Waals surface area contributed by atoms with Crippen LogP contribution >= 0.6 is 0 Å². The first-order chi connectivity index (χ1) is 6.77. The van der Waals surface area contributed by atoms with E-state index in [-0.39, 0.29) is 12.0 Å². The molecular formula is C11H18N2O. The molecule has 0 aromatic carbocycles. The molecule has 78 valence electrons. The number of nitrogens with zero attached hydrogens (tertiary/aromatic N) is 1. The van der Waals surface area contributed by atoms with Crippen molar-refractivity contribution < 1.29 is 4.79 Å². The van der Waals surface area contributed by atoms with Crippen LogP contribution < -0.4 is 5.73 Å². The van der Waals surface area contributed by atoms with E-state index >= 15 is 0 Å². The third-order valence-corrected chi connectivity index (χ3v) is 3.15. The Hall–Kier alpha value is -0.830. The van der Waals surface area contributed by atoms with E-state index < -0.39 is 0 Å². The van der Waals surface area contributed by atoms with E-state index in [1.807, 2.05) is 4.90 Å². The van der Waals surface area contributed by atoms with Gasteiger partial charge >= 0.3 is 0 Å². The van der Waals surface area contributed by atoms with Gasteiger partial charge in [-0.2, -0.15) is 0 Å². The highest BCUT2D eigenvalue weighted by Gasteiger charge is 2.28. The summed E-state index contributed by atoms with van der Waals surface area (Å²) in [6.45, 7) is 1.62. The smallest absolute Gasteiger partial charge is 0.226 e. The molecule has 0 bridgehead atoms. The van der Waals surface area contributed by atoms with Crippen LogP contribution in [-0.2, 0) is 4.79 Å². The zero-order chi connectivity index (χ0) is 9.97. The van der Waals surface area contributed by atoms with Gasteiger partial charge in [0.15, 0.2) is 0 Å². The predicted octanol–water partition coefficient (Wildman–Crippen LogP) is 0.902. The maximum absolute atomic E-state index is 12.0. The number of allylic oxidation sites excluding steroid dienone is 2. The van der Waals surface area contributed by atoms with Crippen LogP contribution in [0.5, 0.6) is 0 Å². The Morgan fingerprint density at radius 2 is 2.21 bits per heavy atom. The highest BCUT2D eigenvalue weighted by atomic mass is 16.2. The minimum absolute atomic E-state index is 0.207. The topological polar surface area (TPSA) is 46.3 Å². The quantitative estimate of drug-likeness (QED) is 0.630. The molecular weight excluding hydrogens is 176 g/mol. The van der Waals surface area contributed by atoms with Gasteiger partial charge in [0, 0.05) is 25.0 Å². The lowest BCUT2D eigenvalue weighted by atomic mass is 9.93. The third kappa shape index (κ3) is 1.98. The summed E-state index contributed by atoms with van der Waals surface area (Å²) in [5.74, 6) is 0.549. The van der Waals surface area contributed by atoms with Crippen molar-refractivity contribution in [3.05, 3.63) is 12.2 Å². The minimum Gasteiger partial charge on any atom is -0.341 e. The van der Waals surface area contributed by atoms with Crippen molar-refractivity contribution in [2.75, 3.05) is 13.1 Å². The van der Waals surface area contributed by atoms with Gasteiger partial charge in [0.05, 0.1) is 0 Å². The molecule has 2 aliphatic rings. The van der Waals surface area contributed by atoms with E-state index in [9.17, 15) is 4.79 Å². The van der Waals surface area contributed by atoms with Crippen LogP contribution in [0.1, 0.15) is 25.7 Å². The zero-order valence-electron chi connectivity index (χ0n) is 8.48. The maximum atomic E-state index is 12.0. The normalized spacial score (nSPS) is 32.2. The fourth-order valence-corrected chi connectivity index (χ4v) is 2.26. The standard InChI is InChI=1S/C11H18N2O/c12-10-6-7-13(8-10)11(14)9-4-2-1-3-5-9/h1-2,9-10H,3-8,12H2/t9-,10-/m1/s1. The van der Waals surface area contributed by atoms with E-state index in [1.54, 1.807) is 0 Å². The van der Waals surface area contributed by atoms with Crippen LogP contribution in [0, 0.1) is 5.92 Å². The van der Waals surface area contributed by atoms with Crippen molar-refractivity contribution in [3.8, 4) is 0 Å². The number of amides is 1. The van der Waals surface area contributed by atoms with Crippen LogP contribution in [0.4, 0.5) is 0 Å². The Morgan fingerprint density at radius 1 is 1.36 bits per heavy atom. The van der Waals surface area contributed by atoms with E-state index in [1.165, 1.54) is 0 Å². The van der Waals surface area contributed by atoms with Crippen LogP contribution in [0.2, 0.25) is 0 Å². The second-order valence-corrected chi connectivity index (χ2v) is 4.31. The fourth-order valence-electron chi connectivity index (χ4n) is 2.26. The summed E-state index contributed by atoms with van der Waals surface area (Å²) in [6, 6.07) is 0.207. The van der Waals surface area contributed by atoms with Gasteiger partial charge in [0.25, 0.3) is 0 Å². The molecule has 2 atom stereocenters. The largest absolute Gasteiger partial charge is 0.341 e. The van der Waals surface area contributed by atoms with Crippen LogP contribution in [0.15, 0.2) is 12.2 Å². The van der Waals surface area contributed by atoms with Crippen molar-refractivity contribution in [3.63, 3.8) is 0 Å². The van der Waals surface area contributed by atoms with E-state index in [0.717, 1.165) is 38.8 Å². The summed E-state index contributed by atoms with van der Waals surface area (Å²) in [7, 11) is 0. The number of likely N-dealkylation sites (tertiary alicyclic amines) is 1. The molecule has 1 aliphatic carbocycles. The Labute approximate surface area is 84.9 Å². The lowest BCUT2D eigenvalue weighted by Crippen LogP contribution is -2.36. The van der Waals surface area contributed by atoms with Crippen molar-refractivity contribution in [2.45, 2.75) is 31.7 Å². The molecule has 1 saturated heterocycles. The molecule has 1 aliphatic heterocycles. The predicted molar refractivity (Wildman–Crippen MR) is 55.7 cm³/mol. The average Bonchev–Trinajstić information content (AvgIpc) is 2.65. The first-order valence-corrected chi connectivity index (χ1v) is 5.47. The van der Waals surface area contributed by atoms with Gasteiger partial charge in [-0.15, -0.1) is 0 Å². The second-order valence-electron chi connectivity index (χ2n) is 4.31. The molecule has 0 radical (unpaired) electrons. The minimum atomic E-state index is 0.207. The number of rotatable bonds is 1. The van der Waals surface area contributed by atoms with Gasteiger partial charge < -0.3 is 10.6 Å². The molecule has 3 heteroatoms. The van der Waals surface area contributed by atoms with Crippen molar-refractivity contribution >= 4 is 5.91 Å². The number of hydrogen-bond donors (Lipinski definition) is 1. The molecule has 3 nitrogen and oxygen atoms in total. The molecule has 0 spiro atoms. The summed E-state index contributed by atoms with van der Waals surface area (Å²) < 4.78 is 0. The molecule has 0 saturated carbocycles. The molecule has 0 unspecified atom stereocenters. The molecule has 0 aromatic heterocycles. The molecule has 1 fully saturated rings. The van der Waals surface area contributed by atoms with Gasteiger partial charge in [-0.3, -0.25) is 4.79 Å². The SMILES string of the molecule is N[C@@H]1CCN(C(=O)[C@@H]2CC=CCC2)C1. The zero-order valence-corrected chi connectivity index (χ0v) is 8.48. The van der Waals surface area contributed by atoms with Gasteiger partial charge in [-0.25, -0.2) is 0 Å². The Kier molecular flexibility index (Phi) is 2.87. The van der Waals surface area contributed by atoms with E-state index in [0.29, 0.717) is 5.91 Å². The van der Waals surface area contributed by atoms with Gasteiger partial charge in [-0.05, 0) is 25.7 Å². The van der Waals surface area contributed by atoms with Crippen LogP contribution in [-0.4, -0.2) is 29.9 Å². The van der Waals surface area contributed by atoms with Crippen molar-refractivity contribution in [2.24, 2.45) is 11.7 Å². The average molecular weight is 194 g/mol. The lowest BCUT2D eigenvalue weighted by molar-refractivity contribution is -0.134. The highest BCUT2D eigenvalue weighted by molar-refractivity contribution is 5.79. The fraction of sp³-hybridized carbons (Fsp3) is 0.727. The molecule has 2 rings (SSSR count). The van der Waals surface area contributed by atoms with Crippen molar-refractivity contribution in [1.29, 1.82) is 0 Å². The Balaban J connectivity index is 1.91. The second kappa shape index (κ2) is 4.13. The summed E-state index contributed by atoms with van der Waals surface area (Å²) in [5, 5.41) is 0. The van der Waals surface area contributed by atoms with E-state index in [4.69, 9.17) is 5.73 Å². The lowest BCUT2D eigenvalue weighted by Gasteiger charge is -2.23. The molecule has 14 heavy (non-hydrogen) atoms.